The van der Waals surface area contributed by atoms with Crippen LogP contribution in [-0.2, 0) is 11.3 Å². The monoisotopic (exact) mass is 320 g/mol. The molecule has 0 unspecified atom stereocenters. The molecule has 2 aliphatic rings. The number of nitrogens with zero attached hydrogens (tertiary/aromatic N) is 2. The summed E-state index contributed by atoms with van der Waals surface area (Å²) in [5.74, 6) is 2.63. The van der Waals surface area contributed by atoms with E-state index in [1.54, 1.807) is 7.11 Å². The molecule has 2 aliphatic heterocycles. The number of ether oxygens (including phenoxy) is 3. The van der Waals surface area contributed by atoms with E-state index in [9.17, 15) is 4.79 Å². The van der Waals surface area contributed by atoms with Crippen LogP contribution in [0.25, 0.3) is 0 Å². The van der Waals surface area contributed by atoms with Crippen molar-refractivity contribution in [3.05, 3.63) is 17.7 Å². The zero-order valence-corrected chi connectivity index (χ0v) is 14.0. The highest BCUT2D eigenvalue weighted by atomic mass is 16.7. The molecular formula is C17H24N2O4. The molecule has 6 nitrogen and oxygen atoms in total. The number of rotatable bonds is 4. The van der Waals surface area contributed by atoms with E-state index in [1.807, 2.05) is 30.9 Å². The molecule has 1 fully saturated rings. The molecule has 6 heteroatoms. The normalized spacial score (nSPS) is 17.7. The van der Waals surface area contributed by atoms with E-state index in [0.29, 0.717) is 0 Å². The second-order valence-corrected chi connectivity index (χ2v) is 6.27. The molecular weight excluding hydrogens is 296 g/mol. The molecule has 1 saturated heterocycles. The minimum atomic E-state index is 0.0653. The Morgan fingerprint density at radius 1 is 1.17 bits per heavy atom. The molecule has 0 atom stereocenters. The second kappa shape index (κ2) is 6.66. The van der Waals surface area contributed by atoms with E-state index in [-0.39, 0.29) is 18.6 Å². The van der Waals surface area contributed by atoms with E-state index in [0.717, 1.165) is 55.5 Å². The van der Waals surface area contributed by atoms with Crippen molar-refractivity contribution in [1.29, 1.82) is 0 Å². The number of hydrogen-bond donors (Lipinski definition) is 0. The highest BCUT2D eigenvalue weighted by Crippen LogP contribution is 2.38. The Morgan fingerprint density at radius 2 is 1.83 bits per heavy atom. The van der Waals surface area contributed by atoms with Gasteiger partial charge >= 0.3 is 0 Å². The van der Waals surface area contributed by atoms with E-state index < -0.39 is 0 Å². The second-order valence-electron chi connectivity index (χ2n) is 6.27. The quantitative estimate of drug-likeness (QED) is 0.845. The largest absolute Gasteiger partial charge is 0.496 e. The summed E-state index contributed by atoms with van der Waals surface area (Å²) in [5, 5.41) is 0. The molecule has 0 aromatic heterocycles. The topological polar surface area (TPSA) is 51.2 Å². The number of methoxy groups -OCH3 is 1. The maximum atomic E-state index is 12.0. The van der Waals surface area contributed by atoms with Gasteiger partial charge in [-0.05, 0) is 6.07 Å². The number of hydrogen-bond acceptors (Lipinski definition) is 5. The van der Waals surface area contributed by atoms with Crippen molar-refractivity contribution in [2.75, 3.05) is 40.1 Å². The van der Waals surface area contributed by atoms with Gasteiger partial charge < -0.3 is 19.1 Å². The lowest BCUT2D eigenvalue weighted by molar-refractivity contribution is -0.136. The van der Waals surface area contributed by atoms with Gasteiger partial charge in [-0.2, -0.15) is 0 Å². The van der Waals surface area contributed by atoms with Gasteiger partial charge in [0.1, 0.15) is 5.75 Å². The molecule has 0 N–H and O–H groups in total. The van der Waals surface area contributed by atoms with Crippen LogP contribution in [0.2, 0.25) is 0 Å². The average molecular weight is 320 g/mol. The third kappa shape index (κ3) is 3.37. The number of amides is 1. The number of carbonyl (C=O) groups excluding carboxylic acids is 1. The van der Waals surface area contributed by atoms with E-state index >= 15 is 0 Å². The minimum absolute atomic E-state index is 0.0653. The summed E-state index contributed by atoms with van der Waals surface area (Å²) in [6.07, 6.45) is 0. The summed E-state index contributed by atoms with van der Waals surface area (Å²) in [6.45, 7) is 8.25. The maximum absolute atomic E-state index is 12.0. The molecule has 0 aliphatic carbocycles. The summed E-state index contributed by atoms with van der Waals surface area (Å²) < 4.78 is 16.3. The Kier molecular flexibility index (Phi) is 4.61. The van der Waals surface area contributed by atoms with Gasteiger partial charge in [0.15, 0.2) is 11.5 Å². The molecule has 126 valence electrons. The molecule has 3 rings (SSSR count). The Labute approximate surface area is 136 Å². The zero-order chi connectivity index (χ0) is 16.4. The highest BCUT2D eigenvalue weighted by Gasteiger charge is 2.24. The van der Waals surface area contributed by atoms with Crippen molar-refractivity contribution in [3.8, 4) is 17.2 Å². The molecule has 0 spiro atoms. The lowest BCUT2D eigenvalue weighted by Gasteiger charge is -2.35. The van der Waals surface area contributed by atoms with Crippen molar-refractivity contribution in [2.24, 2.45) is 5.92 Å². The van der Waals surface area contributed by atoms with Crippen molar-refractivity contribution in [1.82, 2.24) is 9.80 Å². The van der Waals surface area contributed by atoms with Gasteiger partial charge in [0.2, 0.25) is 12.7 Å². The predicted molar refractivity (Wildman–Crippen MR) is 85.8 cm³/mol. The Balaban J connectivity index is 1.64. The molecule has 0 radical (unpaired) electrons. The number of piperazine rings is 1. The van der Waals surface area contributed by atoms with Crippen LogP contribution in [0.4, 0.5) is 0 Å². The Hall–Kier alpha value is -1.95. The fourth-order valence-electron chi connectivity index (χ4n) is 3.01. The van der Waals surface area contributed by atoms with Gasteiger partial charge in [-0.15, -0.1) is 0 Å². The summed E-state index contributed by atoms with van der Waals surface area (Å²) in [7, 11) is 1.67. The number of benzene rings is 1. The van der Waals surface area contributed by atoms with Crippen LogP contribution in [-0.4, -0.2) is 55.8 Å². The Morgan fingerprint density at radius 3 is 2.43 bits per heavy atom. The summed E-state index contributed by atoms with van der Waals surface area (Å²) in [6, 6.07) is 3.88. The van der Waals surface area contributed by atoms with Gasteiger partial charge in [-0.3, -0.25) is 9.69 Å². The standard InChI is InChI=1S/C17H24N2O4/c1-12(2)17(20)19-6-4-18(5-7-19)10-13-8-15-16(23-11-22-15)9-14(13)21-3/h8-9,12H,4-7,10-11H2,1-3H3. The molecule has 0 saturated carbocycles. The summed E-state index contributed by atoms with van der Waals surface area (Å²) in [4.78, 5) is 16.3. The van der Waals surface area contributed by atoms with Gasteiger partial charge in [0.05, 0.1) is 7.11 Å². The summed E-state index contributed by atoms with van der Waals surface area (Å²) >= 11 is 0. The fraction of sp³-hybridized carbons (Fsp3) is 0.588. The first-order valence-corrected chi connectivity index (χ1v) is 8.06. The van der Waals surface area contributed by atoms with Gasteiger partial charge in [0, 0.05) is 50.3 Å². The smallest absolute Gasteiger partial charge is 0.231 e. The molecule has 1 aromatic rings. The van der Waals surface area contributed by atoms with Crippen LogP contribution in [0.5, 0.6) is 17.2 Å². The van der Waals surface area contributed by atoms with E-state index in [2.05, 4.69) is 4.90 Å². The summed E-state index contributed by atoms with van der Waals surface area (Å²) in [5.41, 5.74) is 1.08. The van der Waals surface area contributed by atoms with Crippen LogP contribution in [0.3, 0.4) is 0 Å². The average Bonchev–Trinajstić information content (AvgIpc) is 3.01. The van der Waals surface area contributed by atoms with Gasteiger partial charge in [-0.1, -0.05) is 13.8 Å². The lowest BCUT2D eigenvalue weighted by Crippen LogP contribution is -2.49. The zero-order valence-electron chi connectivity index (χ0n) is 14.0. The first-order chi connectivity index (χ1) is 11.1. The van der Waals surface area contributed by atoms with Crippen molar-refractivity contribution < 1.29 is 19.0 Å². The number of fused-ring (bicyclic) bond motifs is 1. The van der Waals surface area contributed by atoms with Crippen LogP contribution in [0, 0.1) is 5.92 Å². The molecule has 1 aromatic carbocycles. The highest BCUT2D eigenvalue weighted by molar-refractivity contribution is 5.78. The minimum Gasteiger partial charge on any atom is -0.496 e. The number of carbonyl (C=O) groups is 1. The van der Waals surface area contributed by atoms with Crippen LogP contribution in [0.1, 0.15) is 19.4 Å². The first-order valence-electron chi connectivity index (χ1n) is 8.06. The van der Waals surface area contributed by atoms with Gasteiger partial charge in [-0.25, -0.2) is 0 Å². The van der Waals surface area contributed by atoms with E-state index in [1.165, 1.54) is 0 Å². The van der Waals surface area contributed by atoms with E-state index in [4.69, 9.17) is 14.2 Å². The third-order valence-corrected chi connectivity index (χ3v) is 4.35. The Bertz CT molecular complexity index is 580. The van der Waals surface area contributed by atoms with Crippen molar-refractivity contribution in [2.45, 2.75) is 20.4 Å². The molecule has 1 amide bonds. The predicted octanol–water partition coefficient (Wildman–Crippen LogP) is 1.72. The first kappa shape index (κ1) is 15.9. The van der Waals surface area contributed by atoms with Crippen molar-refractivity contribution >= 4 is 5.91 Å². The van der Waals surface area contributed by atoms with Gasteiger partial charge in [0.25, 0.3) is 0 Å². The molecule has 2 heterocycles. The van der Waals surface area contributed by atoms with Crippen LogP contribution < -0.4 is 14.2 Å². The maximum Gasteiger partial charge on any atom is 0.231 e. The van der Waals surface area contributed by atoms with Crippen LogP contribution >= 0.6 is 0 Å². The lowest BCUT2D eigenvalue weighted by atomic mass is 10.1. The molecule has 23 heavy (non-hydrogen) atoms. The fourth-order valence-corrected chi connectivity index (χ4v) is 3.01. The third-order valence-electron chi connectivity index (χ3n) is 4.35. The molecule has 0 bridgehead atoms. The van der Waals surface area contributed by atoms with Crippen LogP contribution in [0.15, 0.2) is 12.1 Å². The SMILES string of the molecule is COc1cc2c(cc1CN1CCN(C(=O)C(C)C)CC1)OCO2. The van der Waals surface area contributed by atoms with Crippen molar-refractivity contribution in [3.63, 3.8) is 0 Å².